The van der Waals surface area contributed by atoms with Crippen LogP contribution in [0.3, 0.4) is 0 Å². The minimum absolute atomic E-state index is 0.0853. The molecule has 0 bridgehead atoms. The molecule has 0 fully saturated rings. The lowest BCUT2D eigenvalue weighted by Gasteiger charge is -2.13. The monoisotopic (exact) mass is 391 g/mol. The Kier molecular flexibility index (Phi) is 5.49. The fourth-order valence-electron chi connectivity index (χ4n) is 2.40. The molecule has 0 aliphatic carbocycles. The van der Waals surface area contributed by atoms with Gasteiger partial charge in [-0.05, 0) is 48.0 Å². The SMILES string of the molecule is CC(C)c1ccc(NC(=S)NNC(=O)c2cc(Cl)c3c(c2)OCO3)cc1. The van der Waals surface area contributed by atoms with Gasteiger partial charge in [-0.25, -0.2) is 0 Å². The number of hydrazine groups is 1. The van der Waals surface area contributed by atoms with Crippen LogP contribution in [0.4, 0.5) is 5.69 Å². The average Bonchev–Trinajstić information content (AvgIpc) is 3.09. The molecule has 0 unspecified atom stereocenters. The number of thiocarbonyl (C=S) groups is 1. The molecular weight excluding hydrogens is 374 g/mol. The highest BCUT2D eigenvalue weighted by atomic mass is 35.5. The molecule has 0 atom stereocenters. The molecule has 136 valence electrons. The Bertz CT molecular complexity index is 840. The molecule has 26 heavy (non-hydrogen) atoms. The first-order valence-corrected chi connectivity index (χ1v) is 8.79. The van der Waals surface area contributed by atoms with E-state index >= 15 is 0 Å². The molecule has 2 aromatic rings. The summed E-state index contributed by atoms with van der Waals surface area (Å²) in [7, 11) is 0. The predicted octanol–water partition coefficient (Wildman–Crippen LogP) is 3.82. The molecule has 0 saturated heterocycles. The summed E-state index contributed by atoms with van der Waals surface area (Å²) in [5, 5.41) is 3.58. The highest BCUT2D eigenvalue weighted by Gasteiger charge is 2.20. The van der Waals surface area contributed by atoms with E-state index in [1.165, 1.54) is 11.6 Å². The lowest BCUT2D eigenvalue weighted by molar-refractivity contribution is 0.0943. The normalized spacial score (nSPS) is 12.0. The molecular formula is C18H18ClN3O3S. The van der Waals surface area contributed by atoms with E-state index in [0.29, 0.717) is 28.0 Å². The predicted molar refractivity (Wildman–Crippen MR) is 105 cm³/mol. The van der Waals surface area contributed by atoms with Gasteiger partial charge < -0.3 is 14.8 Å². The zero-order valence-electron chi connectivity index (χ0n) is 14.3. The summed E-state index contributed by atoms with van der Waals surface area (Å²) in [5.41, 5.74) is 7.57. The molecule has 2 aromatic carbocycles. The molecule has 1 aliphatic heterocycles. The first-order valence-electron chi connectivity index (χ1n) is 8.00. The smallest absolute Gasteiger partial charge is 0.269 e. The van der Waals surface area contributed by atoms with Gasteiger partial charge in [0.05, 0.1) is 5.02 Å². The summed E-state index contributed by atoms with van der Waals surface area (Å²) < 4.78 is 10.5. The maximum absolute atomic E-state index is 12.3. The molecule has 3 rings (SSSR count). The lowest BCUT2D eigenvalue weighted by Crippen LogP contribution is -2.43. The number of fused-ring (bicyclic) bond motifs is 1. The van der Waals surface area contributed by atoms with E-state index in [-0.39, 0.29) is 11.9 Å². The molecule has 0 saturated carbocycles. The second kappa shape index (κ2) is 7.80. The van der Waals surface area contributed by atoms with Crippen LogP contribution < -0.4 is 25.6 Å². The number of carbonyl (C=O) groups excluding carboxylic acids is 1. The van der Waals surface area contributed by atoms with Crippen molar-refractivity contribution in [1.29, 1.82) is 0 Å². The van der Waals surface area contributed by atoms with Crippen molar-refractivity contribution in [3.8, 4) is 11.5 Å². The van der Waals surface area contributed by atoms with Crippen LogP contribution >= 0.6 is 23.8 Å². The second-order valence-electron chi connectivity index (χ2n) is 6.00. The van der Waals surface area contributed by atoms with Crippen LogP contribution in [-0.4, -0.2) is 17.8 Å². The van der Waals surface area contributed by atoms with Crippen molar-refractivity contribution in [1.82, 2.24) is 10.9 Å². The Hall–Kier alpha value is -2.51. The number of carbonyl (C=O) groups is 1. The molecule has 0 radical (unpaired) electrons. The van der Waals surface area contributed by atoms with Crippen molar-refractivity contribution in [3.05, 3.63) is 52.5 Å². The Morgan fingerprint density at radius 1 is 1.15 bits per heavy atom. The van der Waals surface area contributed by atoms with Gasteiger partial charge in [0.2, 0.25) is 6.79 Å². The second-order valence-corrected chi connectivity index (χ2v) is 6.82. The largest absolute Gasteiger partial charge is 0.454 e. The average molecular weight is 392 g/mol. The zero-order valence-corrected chi connectivity index (χ0v) is 15.8. The Labute approximate surface area is 161 Å². The van der Waals surface area contributed by atoms with Crippen LogP contribution in [0.25, 0.3) is 0 Å². The highest BCUT2D eigenvalue weighted by Crippen LogP contribution is 2.39. The van der Waals surface area contributed by atoms with Crippen LogP contribution in [0.15, 0.2) is 36.4 Å². The van der Waals surface area contributed by atoms with Crippen LogP contribution in [0.1, 0.15) is 35.7 Å². The molecule has 0 aromatic heterocycles. The van der Waals surface area contributed by atoms with E-state index < -0.39 is 5.91 Å². The number of anilines is 1. The highest BCUT2D eigenvalue weighted by molar-refractivity contribution is 7.80. The van der Waals surface area contributed by atoms with Crippen LogP contribution in [0.5, 0.6) is 11.5 Å². The van der Waals surface area contributed by atoms with Gasteiger partial charge in [-0.1, -0.05) is 37.6 Å². The Morgan fingerprint density at radius 2 is 1.88 bits per heavy atom. The van der Waals surface area contributed by atoms with E-state index in [9.17, 15) is 4.79 Å². The van der Waals surface area contributed by atoms with Crippen molar-refractivity contribution in [2.75, 3.05) is 12.1 Å². The van der Waals surface area contributed by atoms with Gasteiger partial charge in [-0.3, -0.25) is 15.6 Å². The van der Waals surface area contributed by atoms with Crippen LogP contribution in [0, 0.1) is 0 Å². The summed E-state index contributed by atoms with van der Waals surface area (Å²) >= 11 is 11.3. The van der Waals surface area contributed by atoms with Gasteiger partial charge in [-0.15, -0.1) is 0 Å². The first-order chi connectivity index (χ1) is 12.4. The minimum Gasteiger partial charge on any atom is -0.454 e. The number of benzene rings is 2. The first kappa shape index (κ1) is 18.3. The van der Waals surface area contributed by atoms with Gasteiger partial charge in [0.15, 0.2) is 16.6 Å². The molecule has 3 N–H and O–H groups in total. The fourth-order valence-corrected chi connectivity index (χ4v) is 2.83. The van der Waals surface area contributed by atoms with E-state index in [1.807, 2.05) is 24.3 Å². The summed E-state index contributed by atoms with van der Waals surface area (Å²) in [4.78, 5) is 12.3. The summed E-state index contributed by atoms with van der Waals surface area (Å²) in [5.74, 6) is 0.943. The van der Waals surface area contributed by atoms with Crippen molar-refractivity contribution < 1.29 is 14.3 Å². The zero-order chi connectivity index (χ0) is 18.7. The molecule has 8 heteroatoms. The standard InChI is InChI=1S/C18H18ClN3O3S/c1-10(2)11-3-5-13(6-4-11)20-18(26)22-21-17(23)12-7-14(19)16-15(8-12)24-9-25-16/h3-8,10H,9H2,1-2H3,(H,21,23)(H2,20,22,26). The quantitative estimate of drug-likeness (QED) is 0.545. The van der Waals surface area contributed by atoms with Crippen molar-refractivity contribution in [3.63, 3.8) is 0 Å². The number of nitrogens with one attached hydrogen (secondary N) is 3. The van der Waals surface area contributed by atoms with E-state index in [4.69, 9.17) is 33.3 Å². The number of ether oxygens (including phenoxy) is 2. The molecule has 0 spiro atoms. The molecule has 1 heterocycles. The summed E-state index contributed by atoms with van der Waals surface area (Å²) in [6.07, 6.45) is 0. The van der Waals surface area contributed by atoms with Gasteiger partial charge in [0.1, 0.15) is 0 Å². The van der Waals surface area contributed by atoms with Gasteiger partial charge >= 0.3 is 0 Å². The number of rotatable bonds is 3. The molecule has 1 aliphatic rings. The van der Waals surface area contributed by atoms with E-state index in [0.717, 1.165) is 5.69 Å². The maximum Gasteiger partial charge on any atom is 0.269 e. The van der Waals surface area contributed by atoms with Gasteiger partial charge in [0, 0.05) is 11.3 Å². The van der Waals surface area contributed by atoms with Gasteiger partial charge in [-0.2, -0.15) is 0 Å². The third-order valence-corrected chi connectivity index (χ3v) is 4.30. The fraction of sp³-hybridized carbons (Fsp3) is 0.222. The van der Waals surface area contributed by atoms with Crippen molar-refractivity contribution >= 4 is 40.5 Å². The third-order valence-electron chi connectivity index (χ3n) is 3.81. The molecule has 1 amide bonds. The Morgan fingerprint density at radius 3 is 2.58 bits per heavy atom. The summed E-state index contributed by atoms with van der Waals surface area (Å²) in [6.45, 7) is 4.35. The number of amides is 1. The number of hydrogen-bond acceptors (Lipinski definition) is 4. The van der Waals surface area contributed by atoms with Crippen LogP contribution in [-0.2, 0) is 0 Å². The van der Waals surface area contributed by atoms with Crippen molar-refractivity contribution in [2.45, 2.75) is 19.8 Å². The maximum atomic E-state index is 12.3. The molecule has 6 nitrogen and oxygen atoms in total. The number of halogens is 1. The van der Waals surface area contributed by atoms with Gasteiger partial charge in [0.25, 0.3) is 5.91 Å². The number of hydrogen-bond donors (Lipinski definition) is 3. The van der Waals surface area contributed by atoms with Crippen LogP contribution in [0.2, 0.25) is 5.02 Å². The van der Waals surface area contributed by atoms with Crippen molar-refractivity contribution in [2.24, 2.45) is 0 Å². The Balaban J connectivity index is 1.56. The third kappa shape index (κ3) is 4.17. The topological polar surface area (TPSA) is 71.6 Å². The van der Waals surface area contributed by atoms with E-state index in [2.05, 4.69) is 30.0 Å². The van der Waals surface area contributed by atoms with E-state index in [1.54, 1.807) is 6.07 Å². The lowest BCUT2D eigenvalue weighted by atomic mass is 10.0. The minimum atomic E-state index is -0.399. The summed E-state index contributed by atoms with van der Waals surface area (Å²) in [6, 6.07) is 11.0.